The molecular weight excluding hydrogens is 160 g/mol. The Labute approximate surface area is 69.9 Å². The summed E-state index contributed by atoms with van der Waals surface area (Å²) in [5.41, 5.74) is 6.43. The van der Waals surface area contributed by atoms with E-state index < -0.39 is 6.10 Å². The van der Waals surface area contributed by atoms with Gasteiger partial charge in [0.15, 0.2) is 0 Å². The summed E-state index contributed by atoms with van der Waals surface area (Å²) in [6.45, 7) is 3.59. The molecule has 11 heavy (non-hydrogen) atoms. The van der Waals surface area contributed by atoms with Crippen molar-refractivity contribution in [2.45, 2.75) is 26.0 Å². The minimum Gasteiger partial charge on any atom is -0.391 e. The van der Waals surface area contributed by atoms with Gasteiger partial charge in [-0.1, -0.05) is 0 Å². The van der Waals surface area contributed by atoms with Crippen LogP contribution in [-0.2, 0) is 0 Å². The highest BCUT2D eigenvalue weighted by molar-refractivity contribution is 7.09. The molecule has 1 heterocycles. The molecule has 0 bridgehead atoms. The molecule has 0 fully saturated rings. The van der Waals surface area contributed by atoms with Crippen LogP contribution in [0, 0.1) is 6.92 Å². The van der Waals surface area contributed by atoms with Gasteiger partial charge in [0.1, 0.15) is 0 Å². The maximum Gasteiger partial charge on any atom is 0.0898 e. The average molecular weight is 172 g/mol. The maximum absolute atomic E-state index is 9.12. The molecule has 1 aromatic rings. The predicted octanol–water partition coefficient (Wildman–Crippen LogP) is 0.832. The molecule has 0 saturated heterocycles. The molecule has 1 aromatic heterocycles. The second-order valence-corrected chi connectivity index (χ2v) is 3.62. The number of aromatic nitrogens is 1. The lowest BCUT2D eigenvalue weighted by Gasteiger charge is -2.10. The average Bonchev–Trinajstić information content (AvgIpc) is 2.34. The van der Waals surface area contributed by atoms with Crippen LogP contribution >= 0.6 is 11.3 Å². The highest BCUT2D eigenvalue weighted by atomic mass is 32.1. The number of nitrogens with zero attached hydrogens (tertiary/aromatic N) is 1. The Morgan fingerprint density at radius 2 is 2.36 bits per heavy atom. The standard InChI is InChI=1S/C7H12N2OS/c1-4(10)7(8)6-3-11-5(2)9-6/h3-4,7,10H,8H2,1-2H3. The molecule has 0 radical (unpaired) electrons. The van der Waals surface area contributed by atoms with E-state index in [1.54, 1.807) is 18.3 Å². The van der Waals surface area contributed by atoms with Crippen LogP contribution in [0.3, 0.4) is 0 Å². The molecular formula is C7H12N2OS. The zero-order chi connectivity index (χ0) is 8.43. The number of aryl methyl sites for hydroxylation is 1. The minimum atomic E-state index is -0.531. The first-order chi connectivity index (χ1) is 5.11. The molecule has 0 aliphatic rings. The lowest BCUT2D eigenvalue weighted by atomic mass is 10.1. The summed E-state index contributed by atoms with van der Waals surface area (Å²) < 4.78 is 0. The molecule has 62 valence electrons. The number of aliphatic hydroxyl groups excluding tert-OH is 1. The molecule has 2 atom stereocenters. The lowest BCUT2D eigenvalue weighted by molar-refractivity contribution is 0.163. The van der Waals surface area contributed by atoms with Crippen molar-refractivity contribution in [2.75, 3.05) is 0 Å². The number of thiazole rings is 1. The molecule has 0 amide bonds. The molecule has 0 saturated carbocycles. The summed E-state index contributed by atoms with van der Waals surface area (Å²) in [6, 6.07) is -0.347. The van der Waals surface area contributed by atoms with Crippen LogP contribution in [0.2, 0.25) is 0 Å². The Morgan fingerprint density at radius 3 is 2.73 bits per heavy atom. The number of nitrogens with two attached hydrogens (primary N) is 1. The van der Waals surface area contributed by atoms with Crippen LogP contribution < -0.4 is 5.73 Å². The monoisotopic (exact) mass is 172 g/mol. The van der Waals surface area contributed by atoms with Gasteiger partial charge in [-0.25, -0.2) is 4.98 Å². The molecule has 4 heteroatoms. The Bertz CT molecular complexity index is 234. The van der Waals surface area contributed by atoms with Crippen LogP contribution in [0.5, 0.6) is 0 Å². The van der Waals surface area contributed by atoms with Crippen molar-refractivity contribution in [1.82, 2.24) is 4.98 Å². The van der Waals surface area contributed by atoms with Gasteiger partial charge in [-0.05, 0) is 13.8 Å². The summed E-state index contributed by atoms with van der Waals surface area (Å²) in [4.78, 5) is 4.17. The smallest absolute Gasteiger partial charge is 0.0898 e. The van der Waals surface area contributed by atoms with Gasteiger partial charge in [-0.15, -0.1) is 11.3 Å². The summed E-state index contributed by atoms with van der Waals surface area (Å²) in [7, 11) is 0. The van der Waals surface area contributed by atoms with Crippen LogP contribution in [0.15, 0.2) is 5.38 Å². The first kappa shape index (κ1) is 8.64. The second-order valence-electron chi connectivity index (χ2n) is 2.56. The number of rotatable bonds is 2. The Morgan fingerprint density at radius 1 is 1.73 bits per heavy atom. The fraction of sp³-hybridized carbons (Fsp3) is 0.571. The predicted molar refractivity (Wildman–Crippen MR) is 45.5 cm³/mol. The molecule has 0 spiro atoms. The fourth-order valence-corrected chi connectivity index (χ4v) is 1.44. The van der Waals surface area contributed by atoms with Crippen LogP contribution in [0.4, 0.5) is 0 Å². The molecule has 0 aliphatic carbocycles. The van der Waals surface area contributed by atoms with Gasteiger partial charge < -0.3 is 10.8 Å². The van der Waals surface area contributed by atoms with E-state index in [1.165, 1.54) is 0 Å². The molecule has 3 nitrogen and oxygen atoms in total. The first-order valence-corrected chi connectivity index (χ1v) is 4.35. The van der Waals surface area contributed by atoms with Gasteiger partial charge in [0.05, 0.1) is 22.8 Å². The van der Waals surface area contributed by atoms with Gasteiger partial charge in [-0.3, -0.25) is 0 Å². The van der Waals surface area contributed by atoms with E-state index in [0.29, 0.717) is 0 Å². The first-order valence-electron chi connectivity index (χ1n) is 3.47. The number of aliphatic hydroxyl groups is 1. The van der Waals surface area contributed by atoms with Crippen molar-refractivity contribution in [3.05, 3.63) is 16.1 Å². The van der Waals surface area contributed by atoms with Gasteiger partial charge in [0.2, 0.25) is 0 Å². The Kier molecular flexibility index (Phi) is 2.59. The third-order valence-corrected chi connectivity index (χ3v) is 2.29. The largest absolute Gasteiger partial charge is 0.391 e. The molecule has 0 aliphatic heterocycles. The highest BCUT2D eigenvalue weighted by Gasteiger charge is 2.13. The Balaban J connectivity index is 2.76. The van der Waals surface area contributed by atoms with Gasteiger partial charge in [0, 0.05) is 5.38 Å². The van der Waals surface area contributed by atoms with Crippen molar-refractivity contribution in [3.8, 4) is 0 Å². The van der Waals surface area contributed by atoms with Crippen molar-refractivity contribution >= 4 is 11.3 Å². The SMILES string of the molecule is Cc1nc(C(N)C(C)O)cs1. The van der Waals surface area contributed by atoms with Gasteiger partial charge >= 0.3 is 0 Å². The molecule has 1 rings (SSSR count). The third-order valence-electron chi connectivity index (χ3n) is 1.50. The van der Waals surface area contributed by atoms with E-state index in [9.17, 15) is 0 Å². The summed E-state index contributed by atoms with van der Waals surface area (Å²) >= 11 is 1.55. The molecule has 2 unspecified atom stereocenters. The summed E-state index contributed by atoms with van der Waals surface area (Å²) in [5, 5.41) is 12.0. The van der Waals surface area contributed by atoms with Gasteiger partial charge in [-0.2, -0.15) is 0 Å². The quantitative estimate of drug-likeness (QED) is 0.694. The van der Waals surface area contributed by atoms with E-state index in [1.807, 2.05) is 12.3 Å². The van der Waals surface area contributed by atoms with E-state index >= 15 is 0 Å². The zero-order valence-electron chi connectivity index (χ0n) is 6.61. The van der Waals surface area contributed by atoms with Crippen molar-refractivity contribution < 1.29 is 5.11 Å². The van der Waals surface area contributed by atoms with Crippen molar-refractivity contribution in [2.24, 2.45) is 5.73 Å². The van der Waals surface area contributed by atoms with E-state index in [-0.39, 0.29) is 6.04 Å². The fourth-order valence-electron chi connectivity index (χ4n) is 0.780. The second kappa shape index (κ2) is 3.30. The summed E-state index contributed by atoms with van der Waals surface area (Å²) in [5.74, 6) is 0. The van der Waals surface area contributed by atoms with Crippen LogP contribution in [-0.4, -0.2) is 16.2 Å². The van der Waals surface area contributed by atoms with Crippen LogP contribution in [0.25, 0.3) is 0 Å². The summed E-state index contributed by atoms with van der Waals surface area (Å²) in [6.07, 6.45) is -0.531. The maximum atomic E-state index is 9.12. The van der Waals surface area contributed by atoms with E-state index in [4.69, 9.17) is 10.8 Å². The number of hydrogen-bond acceptors (Lipinski definition) is 4. The zero-order valence-corrected chi connectivity index (χ0v) is 7.43. The minimum absolute atomic E-state index is 0.347. The number of hydrogen-bond donors (Lipinski definition) is 2. The van der Waals surface area contributed by atoms with Gasteiger partial charge in [0.25, 0.3) is 0 Å². The third kappa shape index (κ3) is 1.99. The highest BCUT2D eigenvalue weighted by Crippen LogP contribution is 2.16. The molecule has 3 N–H and O–H groups in total. The Hall–Kier alpha value is -0.450. The molecule has 0 aromatic carbocycles. The van der Waals surface area contributed by atoms with Crippen LogP contribution in [0.1, 0.15) is 23.7 Å². The van der Waals surface area contributed by atoms with Crippen molar-refractivity contribution in [3.63, 3.8) is 0 Å². The van der Waals surface area contributed by atoms with E-state index in [0.717, 1.165) is 10.7 Å². The normalized spacial score (nSPS) is 16.4. The van der Waals surface area contributed by atoms with E-state index in [2.05, 4.69) is 4.98 Å². The van der Waals surface area contributed by atoms with Crippen molar-refractivity contribution in [1.29, 1.82) is 0 Å². The lowest BCUT2D eigenvalue weighted by Crippen LogP contribution is -2.23. The topological polar surface area (TPSA) is 59.1 Å².